The van der Waals surface area contributed by atoms with Gasteiger partial charge >= 0.3 is 5.97 Å². The molecule has 0 N–H and O–H groups in total. The molecule has 0 spiro atoms. The molecule has 0 fully saturated rings. The number of ether oxygens (including phenoxy) is 4. The van der Waals surface area contributed by atoms with E-state index in [9.17, 15) is 9.59 Å². The molecule has 8 nitrogen and oxygen atoms in total. The standard InChI is InChI=1S/C22H24N2O6S/c1-5-29-17-10-7-14(11-18(17)30-6-2)21(26)23-22-24(13-20(25)28-4)16-9-8-15(27-3)12-19(16)31-22/h7-12H,5-6,13H2,1-4H3. The van der Waals surface area contributed by atoms with Gasteiger partial charge in [0.05, 0.1) is 37.6 Å². The van der Waals surface area contributed by atoms with Gasteiger partial charge < -0.3 is 23.5 Å². The van der Waals surface area contributed by atoms with Crippen molar-refractivity contribution < 1.29 is 28.5 Å². The minimum Gasteiger partial charge on any atom is -0.497 e. The molecule has 0 radical (unpaired) electrons. The lowest BCUT2D eigenvalue weighted by Gasteiger charge is -2.11. The summed E-state index contributed by atoms with van der Waals surface area (Å²) in [6.07, 6.45) is 0. The molecule has 1 aromatic heterocycles. The number of amides is 1. The van der Waals surface area contributed by atoms with Crippen LogP contribution in [0.15, 0.2) is 41.4 Å². The second-order valence-electron chi connectivity index (χ2n) is 6.33. The fourth-order valence-electron chi connectivity index (χ4n) is 2.95. The van der Waals surface area contributed by atoms with Crippen molar-refractivity contribution in [3.05, 3.63) is 46.8 Å². The number of aromatic nitrogens is 1. The molecule has 31 heavy (non-hydrogen) atoms. The maximum absolute atomic E-state index is 12.9. The summed E-state index contributed by atoms with van der Waals surface area (Å²) in [5.41, 5.74) is 1.11. The summed E-state index contributed by atoms with van der Waals surface area (Å²) >= 11 is 1.29. The Kier molecular flexibility index (Phi) is 7.30. The van der Waals surface area contributed by atoms with Gasteiger partial charge in [0.25, 0.3) is 5.91 Å². The van der Waals surface area contributed by atoms with Crippen LogP contribution < -0.4 is 19.0 Å². The van der Waals surface area contributed by atoms with Crippen LogP contribution in [0.4, 0.5) is 0 Å². The van der Waals surface area contributed by atoms with E-state index in [0.29, 0.717) is 40.8 Å². The average molecular weight is 445 g/mol. The van der Waals surface area contributed by atoms with Crippen LogP contribution in [0, 0.1) is 0 Å². The zero-order valence-electron chi connectivity index (χ0n) is 17.8. The molecule has 1 heterocycles. The van der Waals surface area contributed by atoms with Crippen LogP contribution in [0.5, 0.6) is 17.2 Å². The second kappa shape index (κ2) is 10.1. The topological polar surface area (TPSA) is 88.4 Å². The molecule has 0 saturated heterocycles. The van der Waals surface area contributed by atoms with Gasteiger partial charge in [0.1, 0.15) is 12.3 Å². The van der Waals surface area contributed by atoms with Gasteiger partial charge in [-0.25, -0.2) is 0 Å². The minimum atomic E-state index is -0.457. The third-order valence-corrected chi connectivity index (χ3v) is 5.43. The van der Waals surface area contributed by atoms with Gasteiger partial charge in [-0.2, -0.15) is 4.99 Å². The number of hydrogen-bond donors (Lipinski definition) is 0. The van der Waals surface area contributed by atoms with Crippen molar-refractivity contribution in [3.63, 3.8) is 0 Å². The van der Waals surface area contributed by atoms with E-state index in [0.717, 1.165) is 10.2 Å². The summed E-state index contributed by atoms with van der Waals surface area (Å²) in [4.78, 5) is 29.5. The van der Waals surface area contributed by atoms with E-state index in [1.807, 2.05) is 26.0 Å². The number of thiazole rings is 1. The highest BCUT2D eigenvalue weighted by Crippen LogP contribution is 2.29. The number of nitrogens with zero attached hydrogens (tertiary/aromatic N) is 2. The number of rotatable bonds is 8. The van der Waals surface area contributed by atoms with Crippen molar-refractivity contribution in [1.82, 2.24) is 4.57 Å². The average Bonchev–Trinajstić information content (AvgIpc) is 3.10. The third-order valence-electron chi connectivity index (χ3n) is 4.39. The first kappa shape index (κ1) is 22.4. The van der Waals surface area contributed by atoms with E-state index in [4.69, 9.17) is 18.9 Å². The highest BCUT2D eigenvalue weighted by Gasteiger charge is 2.15. The summed E-state index contributed by atoms with van der Waals surface area (Å²) in [7, 11) is 2.89. The first-order valence-corrected chi connectivity index (χ1v) is 10.5. The Morgan fingerprint density at radius 2 is 1.74 bits per heavy atom. The minimum absolute atomic E-state index is 0.0670. The van der Waals surface area contributed by atoms with Crippen LogP contribution in [0.2, 0.25) is 0 Å². The largest absolute Gasteiger partial charge is 0.497 e. The summed E-state index contributed by atoms with van der Waals surface area (Å²) in [6, 6.07) is 10.4. The molecule has 3 aromatic rings. The number of benzene rings is 2. The van der Waals surface area contributed by atoms with Crippen LogP contribution in [0.1, 0.15) is 24.2 Å². The zero-order chi connectivity index (χ0) is 22.4. The Balaban J connectivity index is 2.08. The fraction of sp³-hybridized carbons (Fsp3) is 0.318. The van der Waals surface area contributed by atoms with E-state index in [2.05, 4.69) is 4.99 Å². The summed E-state index contributed by atoms with van der Waals surface area (Å²) in [5.74, 6) is 0.819. The summed E-state index contributed by atoms with van der Waals surface area (Å²) < 4.78 is 23.7. The lowest BCUT2D eigenvalue weighted by molar-refractivity contribution is -0.141. The molecule has 0 aliphatic heterocycles. The SMILES string of the molecule is CCOc1ccc(C(=O)N=c2sc3cc(OC)ccc3n2CC(=O)OC)cc1OCC. The number of carbonyl (C=O) groups excluding carboxylic acids is 2. The van der Waals surface area contributed by atoms with E-state index in [1.54, 1.807) is 35.9 Å². The van der Waals surface area contributed by atoms with Gasteiger partial charge in [0.2, 0.25) is 0 Å². The van der Waals surface area contributed by atoms with Gasteiger partial charge in [-0.05, 0) is 50.2 Å². The van der Waals surface area contributed by atoms with Crippen LogP contribution in [-0.2, 0) is 16.1 Å². The first-order valence-electron chi connectivity index (χ1n) is 9.73. The number of fused-ring (bicyclic) bond motifs is 1. The molecular formula is C22H24N2O6S. The van der Waals surface area contributed by atoms with Crippen molar-refractivity contribution in [2.75, 3.05) is 27.4 Å². The normalized spacial score (nSPS) is 11.4. The molecule has 0 saturated carbocycles. The van der Waals surface area contributed by atoms with Gasteiger partial charge in [0, 0.05) is 5.56 Å². The maximum Gasteiger partial charge on any atom is 0.325 e. The Labute approximate surface area is 183 Å². The van der Waals surface area contributed by atoms with Crippen molar-refractivity contribution in [2.45, 2.75) is 20.4 Å². The fourth-order valence-corrected chi connectivity index (χ4v) is 4.00. The van der Waals surface area contributed by atoms with Crippen molar-refractivity contribution in [3.8, 4) is 17.2 Å². The quantitative estimate of drug-likeness (QED) is 0.495. The van der Waals surface area contributed by atoms with E-state index >= 15 is 0 Å². The molecule has 3 rings (SSSR count). The molecule has 0 aliphatic rings. The smallest absolute Gasteiger partial charge is 0.325 e. The predicted molar refractivity (Wildman–Crippen MR) is 117 cm³/mol. The lowest BCUT2D eigenvalue weighted by Crippen LogP contribution is -2.22. The van der Waals surface area contributed by atoms with Gasteiger partial charge in [0.15, 0.2) is 16.3 Å². The Morgan fingerprint density at radius 3 is 2.42 bits per heavy atom. The summed E-state index contributed by atoms with van der Waals surface area (Å²) in [6.45, 7) is 4.58. The second-order valence-corrected chi connectivity index (χ2v) is 7.33. The maximum atomic E-state index is 12.9. The molecular weight excluding hydrogens is 420 g/mol. The molecule has 164 valence electrons. The molecule has 0 aliphatic carbocycles. The number of hydrogen-bond acceptors (Lipinski definition) is 7. The molecule has 0 unspecified atom stereocenters. The molecule has 0 bridgehead atoms. The van der Waals surface area contributed by atoms with E-state index < -0.39 is 11.9 Å². The highest BCUT2D eigenvalue weighted by molar-refractivity contribution is 7.16. The molecule has 0 atom stereocenters. The predicted octanol–water partition coefficient (Wildman–Crippen LogP) is 3.42. The van der Waals surface area contributed by atoms with Crippen LogP contribution >= 0.6 is 11.3 Å². The van der Waals surface area contributed by atoms with Crippen molar-refractivity contribution in [1.29, 1.82) is 0 Å². The third kappa shape index (κ3) is 5.05. The van der Waals surface area contributed by atoms with Crippen LogP contribution in [0.25, 0.3) is 10.2 Å². The van der Waals surface area contributed by atoms with Crippen molar-refractivity contribution in [2.24, 2.45) is 4.99 Å². The van der Waals surface area contributed by atoms with Gasteiger partial charge in [-0.1, -0.05) is 11.3 Å². The Bertz CT molecular complexity index is 1160. The van der Waals surface area contributed by atoms with Gasteiger partial charge in [-0.15, -0.1) is 0 Å². The lowest BCUT2D eigenvalue weighted by atomic mass is 10.2. The molecule has 2 aromatic carbocycles. The van der Waals surface area contributed by atoms with Gasteiger partial charge in [-0.3, -0.25) is 9.59 Å². The monoisotopic (exact) mass is 444 g/mol. The molecule has 1 amide bonds. The number of carbonyl (C=O) groups is 2. The van der Waals surface area contributed by atoms with Crippen LogP contribution in [0.3, 0.4) is 0 Å². The summed E-state index contributed by atoms with van der Waals surface area (Å²) in [5, 5.41) is 0. The highest BCUT2D eigenvalue weighted by atomic mass is 32.1. The molecule has 9 heteroatoms. The van der Waals surface area contributed by atoms with Crippen molar-refractivity contribution >= 4 is 33.4 Å². The zero-order valence-corrected chi connectivity index (χ0v) is 18.7. The first-order chi connectivity index (χ1) is 15.0. The number of esters is 1. The van der Waals surface area contributed by atoms with E-state index in [1.165, 1.54) is 18.4 Å². The van der Waals surface area contributed by atoms with Crippen LogP contribution in [-0.4, -0.2) is 43.9 Å². The number of methoxy groups -OCH3 is 2. The Morgan fingerprint density at radius 1 is 1.00 bits per heavy atom. The Hall–Kier alpha value is -3.33. The van der Waals surface area contributed by atoms with E-state index in [-0.39, 0.29) is 6.54 Å².